The number of nitrogens with zero attached hydrogens (tertiary/aromatic N) is 3. The van der Waals surface area contributed by atoms with E-state index in [0.29, 0.717) is 0 Å². The van der Waals surface area contributed by atoms with E-state index in [1.165, 1.54) is 21.0 Å². The van der Waals surface area contributed by atoms with E-state index in [9.17, 15) is 14.7 Å². The zero-order valence-corrected chi connectivity index (χ0v) is 11.6. The van der Waals surface area contributed by atoms with Crippen molar-refractivity contribution < 1.29 is 19.4 Å². The van der Waals surface area contributed by atoms with Crippen LogP contribution in [0.15, 0.2) is 12.7 Å². The summed E-state index contributed by atoms with van der Waals surface area (Å²) >= 11 is 0. The normalized spacial score (nSPS) is 20.1. The fourth-order valence-corrected chi connectivity index (χ4v) is 1.79. The van der Waals surface area contributed by atoms with Crippen LogP contribution in [-0.2, 0) is 4.74 Å². The van der Waals surface area contributed by atoms with Crippen molar-refractivity contribution in [1.82, 2.24) is 14.9 Å². The van der Waals surface area contributed by atoms with E-state index in [1.807, 2.05) is 0 Å². The van der Waals surface area contributed by atoms with Crippen LogP contribution in [0.4, 0.5) is 9.59 Å². The molecule has 0 radical (unpaired) electrons. The molecule has 3 amide bonds. The van der Waals surface area contributed by atoms with Crippen LogP contribution >= 0.6 is 0 Å². The molecule has 1 saturated heterocycles. The molecule has 1 aliphatic heterocycles. The predicted octanol–water partition coefficient (Wildman–Crippen LogP) is 0.520. The van der Waals surface area contributed by atoms with Crippen molar-refractivity contribution in [3.63, 3.8) is 0 Å². The molecule has 0 aromatic heterocycles. The Bertz CT molecular complexity index is 357. The molecule has 1 fully saturated rings. The van der Waals surface area contributed by atoms with Crippen LogP contribution in [0.5, 0.6) is 0 Å². The fourth-order valence-electron chi connectivity index (χ4n) is 1.79. The van der Waals surface area contributed by atoms with Crippen molar-refractivity contribution in [3.05, 3.63) is 12.7 Å². The number of hydrogen-bond acceptors (Lipinski definition) is 4. The quantitative estimate of drug-likeness (QED) is 0.759. The van der Waals surface area contributed by atoms with E-state index < -0.39 is 12.2 Å². The molecule has 0 aromatic carbocycles. The molecule has 7 nitrogen and oxygen atoms in total. The van der Waals surface area contributed by atoms with Gasteiger partial charge in [-0.3, -0.25) is 0 Å². The Balaban J connectivity index is 2.81. The molecule has 1 heterocycles. The summed E-state index contributed by atoms with van der Waals surface area (Å²) in [5.74, 6) is -0.180. The first kappa shape index (κ1) is 15.3. The highest BCUT2D eigenvalue weighted by atomic mass is 16.6. The minimum Gasteiger partial charge on any atom is -0.444 e. The van der Waals surface area contributed by atoms with Crippen molar-refractivity contribution in [2.75, 3.05) is 33.8 Å². The number of aliphatic hydroxyl groups is 1. The molecule has 0 aromatic rings. The van der Waals surface area contributed by atoms with Gasteiger partial charge < -0.3 is 14.7 Å². The Hall–Kier alpha value is -1.76. The molecule has 0 bridgehead atoms. The lowest BCUT2D eigenvalue weighted by atomic mass is 10.1. The second-order valence-electron chi connectivity index (χ2n) is 4.71. The zero-order valence-electron chi connectivity index (χ0n) is 11.6. The van der Waals surface area contributed by atoms with E-state index in [4.69, 9.17) is 4.74 Å². The van der Waals surface area contributed by atoms with Crippen LogP contribution in [-0.4, -0.2) is 72.0 Å². The highest BCUT2D eigenvalue weighted by Gasteiger charge is 2.40. The molecule has 0 saturated carbocycles. The van der Waals surface area contributed by atoms with Gasteiger partial charge in [0.05, 0.1) is 19.2 Å². The summed E-state index contributed by atoms with van der Waals surface area (Å²) in [5.41, 5.74) is 0. The SMILES string of the molecule is C=CCOC(=O)N1CC(C(C)O)CN1C(=O)N(C)C. The van der Waals surface area contributed by atoms with E-state index in [0.717, 1.165) is 0 Å². The molecule has 0 aliphatic carbocycles. The number of rotatable bonds is 3. The number of ether oxygens (including phenoxy) is 1. The van der Waals surface area contributed by atoms with Gasteiger partial charge in [-0.25, -0.2) is 19.6 Å². The first-order valence-electron chi connectivity index (χ1n) is 6.10. The van der Waals surface area contributed by atoms with Crippen LogP contribution in [0.25, 0.3) is 0 Å². The van der Waals surface area contributed by atoms with Crippen LogP contribution < -0.4 is 0 Å². The number of urea groups is 1. The Morgan fingerprint density at radius 3 is 2.53 bits per heavy atom. The summed E-state index contributed by atoms with van der Waals surface area (Å²) in [4.78, 5) is 25.2. The molecule has 2 unspecified atom stereocenters. The van der Waals surface area contributed by atoms with Gasteiger partial charge in [0.2, 0.25) is 0 Å². The third kappa shape index (κ3) is 3.60. The lowest BCUT2D eigenvalue weighted by Gasteiger charge is -2.29. The molecule has 7 heteroatoms. The summed E-state index contributed by atoms with van der Waals surface area (Å²) < 4.78 is 4.94. The van der Waals surface area contributed by atoms with E-state index in [-0.39, 0.29) is 31.6 Å². The first-order chi connectivity index (χ1) is 8.88. The smallest absolute Gasteiger partial charge is 0.429 e. The summed E-state index contributed by atoms with van der Waals surface area (Å²) in [5, 5.41) is 12.1. The Labute approximate surface area is 113 Å². The average Bonchev–Trinajstić information content (AvgIpc) is 2.79. The van der Waals surface area contributed by atoms with Gasteiger partial charge in [0.15, 0.2) is 0 Å². The maximum absolute atomic E-state index is 12.0. The van der Waals surface area contributed by atoms with Gasteiger partial charge in [0.1, 0.15) is 6.61 Å². The second kappa shape index (κ2) is 6.42. The monoisotopic (exact) mass is 271 g/mol. The van der Waals surface area contributed by atoms with Gasteiger partial charge in [-0.1, -0.05) is 12.7 Å². The lowest BCUT2D eigenvalue weighted by molar-refractivity contribution is 0.0326. The molecule has 1 aliphatic rings. The van der Waals surface area contributed by atoms with Crippen molar-refractivity contribution >= 4 is 12.1 Å². The Morgan fingerprint density at radius 2 is 2.05 bits per heavy atom. The zero-order chi connectivity index (χ0) is 14.6. The van der Waals surface area contributed by atoms with Gasteiger partial charge in [-0.05, 0) is 6.92 Å². The number of carbonyl (C=O) groups is 2. The number of aliphatic hydroxyl groups excluding tert-OH is 1. The fraction of sp³-hybridized carbons (Fsp3) is 0.667. The van der Waals surface area contributed by atoms with Crippen molar-refractivity contribution in [3.8, 4) is 0 Å². The van der Waals surface area contributed by atoms with Crippen LogP contribution in [0, 0.1) is 5.92 Å². The topological polar surface area (TPSA) is 73.3 Å². The van der Waals surface area contributed by atoms with E-state index in [2.05, 4.69) is 6.58 Å². The molecule has 2 atom stereocenters. The average molecular weight is 271 g/mol. The molecule has 1 N–H and O–H groups in total. The highest BCUT2D eigenvalue weighted by Crippen LogP contribution is 2.21. The number of hydrogen-bond donors (Lipinski definition) is 1. The molecule has 108 valence electrons. The van der Waals surface area contributed by atoms with Gasteiger partial charge in [0, 0.05) is 20.0 Å². The molecule has 19 heavy (non-hydrogen) atoms. The maximum Gasteiger partial charge on any atom is 0.429 e. The van der Waals surface area contributed by atoms with Crippen molar-refractivity contribution in [2.45, 2.75) is 13.0 Å². The minimum absolute atomic E-state index is 0.0820. The minimum atomic E-state index is -0.613. The number of amides is 3. The summed E-state index contributed by atoms with van der Waals surface area (Å²) in [6.07, 6.45) is 0.242. The lowest BCUT2D eigenvalue weighted by Crippen LogP contribution is -2.48. The third-order valence-corrected chi connectivity index (χ3v) is 2.93. The molecular formula is C12H21N3O4. The molecule has 0 spiro atoms. The van der Waals surface area contributed by atoms with Gasteiger partial charge in [-0.2, -0.15) is 0 Å². The largest absolute Gasteiger partial charge is 0.444 e. The molecular weight excluding hydrogens is 250 g/mol. The number of hydrazine groups is 1. The summed E-state index contributed by atoms with van der Waals surface area (Å²) in [6, 6.07) is -0.321. The standard InChI is InChI=1S/C12H21N3O4/c1-5-6-19-12(18)15-8-10(9(2)16)7-14(15)11(17)13(3)4/h5,9-10,16H,1,6-8H2,2-4H3. The Morgan fingerprint density at radius 1 is 1.47 bits per heavy atom. The summed E-state index contributed by atoms with van der Waals surface area (Å²) in [7, 11) is 3.20. The van der Waals surface area contributed by atoms with E-state index in [1.54, 1.807) is 21.0 Å². The van der Waals surface area contributed by atoms with Crippen molar-refractivity contribution in [1.29, 1.82) is 0 Å². The first-order valence-corrected chi connectivity index (χ1v) is 6.10. The number of carbonyl (C=O) groups excluding carboxylic acids is 2. The van der Waals surface area contributed by atoms with E-state index >= 15 is 0 Å². The summed E-state index contributed by atoms with van der Waals surface area (Å²) in [6.45, 7) is 5.73. The van der Waals surface area contributed by atoms with Gasteiger partial charge in [0.25, 0.3) is 0 Å². The van der Waals surface area contributed by atoms with Gasteiger partial charge >= 0.3 is 12.1 Å². The van der Waals surface area contributed by atoms with Crippen LogP contribution in [0.3, 0.4) is 0 Å². The van der Waals surface area contributed by atoms with Gasteiger partial charge in [-0.15, -0.1) is 0 Å². The van der Waals surface area contributed by atoms with Crippen molar-refractivity contribution in [2.24, 2.45) is 5.92 Å². The second-order valence-corrected chi connectivity index (χ2v) is 4.71. The van der Waals surface area contributed by atoms with Crippen LogP contribution in [0.1, 0.15) is 6.92 Å². The predicted molar refractivity (Wildman–Crippen MR) is 69.2 cm³/mol. The molecule has 1 rings (SSSR count). The third-order valence-electron chi connectivity index (χ3n) is 2.93. The van der Waals surface area contributed by atoms with Crippen LogP contribution in [0.2, 0.25) is 0 Å². The highest BCUT2D eigenvalue weighted by molar-refractivity contribution is 5.78. The Kier molecular flexibility index (Phi) is 5.17. The maximum atomic E-state index is 12.0.